The number of hydrazine groups is 2. The van der Waals surface area contributed by atoms with Crippen molar-refractivity contribution in [2.75, 3.05) is 19.8 Å². The zero-order chi connectivity index (χ0) is 20.0. The summed E-state index contributed by atoms with van der Waals surface area (Å²) in [5, 5.41) is 6.19. The maximum atomic E-state index is 12.2. The Labute approximate surface area is 173 Å². The fraction of sp³-hybridized carbons (Fsp3) is 0.188. The fourth-order valence-corrected chi connectivity index (χ4v) is 4.19. The number of rotatable bonds is 6. The van der Waals surface area contributed by atoms with Crippen molar-refractivity contribution in [2.24, 2.45) is 0 Å². The van der Waals surface area contributed by atoms with E-state index in [0.717, 1.165) is 5.56 Å². The van der Waals surface area contributed by atoms with E-state index in [-0.39, 0.29) is 4.99 Å². The third-order valence-electron chi connectivity index (χ3n) is 3.29. The molecule has 11 heteroatoms. The van der Waals surface area contributed by atoms with Crippen molar-refractivity contribution in [3.8, 4) is 0 Å². The van der Waals surface area contributed by atoms with Gasteiger partial charge in [0.05, 0.1) is 0 Å². The van der Waals surface area contributed by atoms with Gasteiger partial charge in [0.25, 0.3) is 5.91 Å². The molecule has 0 aliphatic rings. The molecule has 27 heavy (non-hydrogen) atoms. The summed E-state index contributed by atoms with van der Waals surface area (Å²) in [5.41, 5.74) is 3.90. The number of hydrogen-bond donors (Lipinski definition) is 2. The molecule has 0 saturated heterocycles. The van der Waals surface area contributed by atoms with Crippen LogP contribution >= 0.6 is 35.8 Å². The van der Waals surface area contributed by atoms with Gasteiger partial charge >= 0.3 is 0 Å². The summed E-state index contributed by atoms with van der Waals surface area (Å²) in [5.74, 6) is -1.49. The monoisotopic (exact) mass is 442 g/mol. The summed E-state index contributed by atoms with van der Waals surface area (Å²) >= 11 is 12.0. The minimum absolute atomic E-state index is 0.287. The highest BCUT2D eigenvalue weighted by atomic mass is 32.2. The lowest BCUT2D eigenvalue weighted by molar-refractivity contribution is -0.121. The average molecular weight is 443 g/mol. The van der Waals surface area contributed by atoms with E-state index in [1.165, 1.54) is 28.4 Å². The van der Waals surface area contributed by atoms with E-state index in [4.69, 9.17) is 24.4 Å². The van der Waals surface area contributed by atoms with Gasteiger partial charge in [-0.05, 0) is 11.4 Å². The summed E-state index contributed by atoms with van der Waals surface area (Å²) in [7, 11) is -0.925. The Kier molecular flexibility index (Phi) is 7.39. The van der Waals surface area contributed by atoms with E-state index in [1.54, 1.807) is 31.3 Å². The lowest BCUT2D eigenvalue weighted by Crippen LogP contribution is -2.49. The largest absolute Gasteiger partial charge is 0.287 e. The summed E-state index contributed by atoms with van der Waals surface area (Å²) in [4.78, 5) is 15.0. The van der Waals surface area contributed by atoms with Crippen molar-refractivity contribution in [1.29, 1.82) is 0 Å². The second-order valence-corrected chi connectivity index (χ2v) is 8.75. The highest BCUT2D eigenvalue weighted by Crippen LogP contribution is 2.09. The average Bonchev–Trinajstić information content (AvgIpc) is 3.14. The van der Waals surface area contributed by atoms with Crippen LogP contribution < -0.4 is 10.3 Å². The molecule has 1 aromatic carbocycles. The van der Waals surface area contributed by atoms with Gasteiger partial charge in [0.2, 0.25) is 10.0 Å². The summed E-state index contributed by atoms with van der Waals surface area (Å²) < 4.78 is 24.5. The van der Waals surface area contributed by atoms with Gasteiger partial charge in [-0.25, -0.2) is 8.42 Å². The van der Waals surface area contributed by atoms with Gasteiger partial charge in [0, 0.05) is 30.6 Å². The molecule has 2 rings (SSSR count). The second-order valence-electron chi connectivity index (χ2n) is 5.49. The lowest BCUT2D eigenvalue weighted by Gasteiger charge is -2.22. The first-order chi connectivity index (χ1) is 12.7. The first-order valence-corrected chi connectivity index (χ1v) is 11.0. The molecule has 1 aromatic heterocycles. The fourth-order valence-electron chi connectivity index (χ4n) is 2.08. The highest BCUT2D eigenvalue weighted by molar-refractivity contribution is 7.90. The van der Waals surface area contributed by atoms with E-state index in [1.807, 2.05) is 22.9 Å². The van der Waals surface area contributed by atoms with E-state index in [9.17, 15) is 13.2 Å². The molecule has 2 aromatic rings. The third kappa shape index (κ3) is 6.33. The minimum atomic E-state index is -3.95. The van der Waals surface area contributed by atoms with Crippen LogP contribution in [0.4, 0.5) is 0 Å². The van der Waals surface area contributed by atoms with Crippen LogP contribution in [0.5, 0.6) is 0 Å². The number of sulfonamides is 1. The van der Waals surface area contributed by atoms with Crippen molar-refractivity contribution >= 4 is 61.7 Å². The normalized spacial score (nSPS) is 10.9. The highest BCUT2D eigenvalue weighted by Gasteiger charge is 2.21. The molecule has 0 saturated carbocycles. The number of carbonyl (C=O) groups is 1. The molecule has 0 fully saturated rings. The van der Waals surface area contributed by atoms with E-state index in [2.05, 4.69) is 10.3 Å². The van der Waals surface area contributed by atoms with Gasteiger partial charge in [-0.1, -0.05) is 54.8 Å². The molecule has 7 nitrogen and oxygen atoms in total. The number of amides is 1. The molecule has 0 spiro atoms. The molecule has 0 atom stereocenters. The van der Waals surface area contributed by atoms with Gasteiger partial charge in [0.1, 0.15) is 15.7 Å². The quantitative estimate of drug-likeness (QED) is 0.519. The zero-order valence-electron chi connectivity index (χ0n) is 14.6. The molecule has 0 bridgehead atoms. The third-order valence-corrected chi connectivity index (χ3v) is 6.18. The standard InChI is InChI=1S/C16H18N4O3S4/c1-19(16(25)13-8-9-26-10-13)17-14(21)11-27(22,23)18-20(2)15(24)12-6-4-3-5-7-12/h3-10,18H,11H2,1-2H3,(H,17,21). The number of thiocarbonyl (C=S) groups is 2. The summed E-state index contributed by atoms with van der Waals surface area (Å²) in [6.07, 6.45) is 0. The van der Waals surface area contributed by atoms with Crippen LogP contribution in [-0.4, -0.2) is 54.2 Å². The van der Waals surface area contributed by atoms with E-state index in [0.29, 0.717) is 10.6 Å². The van der Waals surface area contributed by atoms with Gasteiger partial charge in [-0.2, -0.15) is 11.3 Å². The first-order valence-electron chi connectivity index (χ1n) is 7.62. The predicted octanol–water partition coefficient (Wildman–Crippen LogP) is 1.53. The molecule has 0 unspecified atom stereocenters. The maximum Gasteiger partial charge on any atom is 0.255 e. The van der Waals surface area contributed by atoms with Crippen LogP contribution in [0.2, 0.25) is 0 Å². The second kappa shape index (κ2) is 9.33. The van der Waals surface area contributed by atoms with Gasteiger partial charge in [-0.3, -0.25) is 20.2 Å². The first kappa shape index (κ1) is 21.4. The summed E-state index contributed by atoms with van der Waals surface area (Å²) in [6, 6.07) is 10.8. The van der Waals surface area contributed by atoms with Crippen molar-refractivity contribution < 1.29 is 13.2 Å². The van der Waals surface area contributed by atoms with Gasteiger partial charge in [-0.15, -0.1) is 4.83 Å². The van der Waals surface area contributed by atoms with Crippen LogP contribution in [0.3, 0.4) is 0 Å². The van der Waals surface area contributed by atoms with Crippen molar-refractivity contribution in [3.63, 3.8) is 0 Å². The van der Waals surface area contributed by atoms with Crippen LogP contribution in [0, 0.1) is 0 Å². The Morgan fingerprint density at radius 1 is 1.04 bits per heavy atom. The number of hydrogen-bond acceptors (Lipinski definition) is 6. The molecule has 0 radical (unpaired) electrons. The van der Waals surface area contributed by atoms with Crippen LogP contribution in [0.25, 0.3) is 0 Å². The maximum absolute atomic E-state index is 12.2. The Bertz CT molecular complexity index is 914. The molecular formula is C16H18N4O3S4. The minimum Gasteiger partial charge on any atom is -0.287 e. The SMILES string of the molecule is CN(NC(=O)CS(=O)(=O)NN(C)C(=S)c1ccccc1)C(=S)c1ccsc1. The zero-order valence-corrected chi connectivity index (χ0v) is 17.8. The topological polar surface area (TPSA) is 81.8 Å². The van der Waals surface area contributed by atoms with E-state index >= 15 is 0 Å². The van der Waals surface area contributed by atoms with Crippen molar-refractivity contribution in [2.45, 2.75) is 0 Å². The number of nitrogens with one attached hydrogen (secondary N) is 2. The van der Waals surface area contributed by atoms with Crippen LogP contribution in [0.15, 0.2) is 47.2 Å². The molecule has 0 aliphatic heterocycles. The molecular weight excluding hydrogens is 424 g/mol. The lowest BCUT2D eigenvalue weighted by atomic mass is 10.2. The van der Waals surface area contributed by atoms with Crippen LogP contribution in [0.1, 0.15) is 11.1 Å². The summed E-state index contributed by atoms with van der Waals surface area (Å²) in [6.45, 7) is 0. The molecule has 1 heterocycles. The Morgan fingerprint density at radius 3 is 2.26 bits per heavy atom. The van der Waals surface area contributed by atoms with Crippen molar-refractivity contribution in [1.82, 2.24) is 20.3 Å². The van der Waals surface area contributed by atoms with Gasteiger partial charge in [0.15, 0.2) is 0 Å². The van der Waals surface area contributed by atoms with Crippen LogP contribution in [-0.2, 0) is 14.8 Å². The molecule has 1 amide bonds. The Hall–Kier alpha value is -1.92. The number of thiophene rings is 1. The Morgan fingerprint density at radius 2 is 1.67 bits per heavy atom. The number of benzene rings is 1. The van der Waals surface area contributed by atoms with Crippen molar-refractivity contribution in [3.05, 3.63) is 58.3 Å². The number of nitrogens with zero attached hydrogens (tertiary/aromatic N) is 2. The number of carbonyl (C=O) groups excluding carboxylic acids is 1. The predicted molar refractivity (Wildman–Crippen MR) is 115 cm³/mol. The molecule has 0 aliphatic carbocycles. The smallest absolute Gasteiger partial charge is 0.255 e. The Balaban J connectivity index is 1.92. The van der Waals surface area contributed by atoms with E-state index < -0.39 is 21.7 Å². The molecule has 144 valence electrons. The molecule has 2 N–H and O–H groups in total. The van der Waals surface area contributed by atoms with Gasteiger partial charge < -0.3 is 0 Å².